The number of hydrogen-bond donors (Lipinski definition) is 1. The van der Waals surface area contributed by atoms with Crippen LogP contribution in [-0.2, 0) is 14.3 Å². The lowest BCUT2D eigenvalue weighted by molar-refractivity contribution is -0.148. The first-order valence-corrected chi connectivity index (χ1v) is 9.00. The summed E-state index contributed by atoms with van der Waals surface area (Å²) in [4.78, 5) is 27.3. The molecule has 2 amide bonds. The molecule has 1 aromatic carbocycles. The average Bonchev–Trinajstić information content (AvgIpc) is 2.49. The lowest BCUT2D eigenvalue weighted by Crippen LogP contribution is -2.57. The Morgan fingerprint density at radius 3 is 2.38 bits per heavy atom. The van der Waals surface area contributed by atoms with E-state index in [-0.39, 0.29) is 23.6 Å². The summed E-state index contributed by atoms with van der Waals surface area (Å²) in [5.41, 5.74) is -1.31. The second-order valence-corrected chi connectivity index (χ2v) is 8.32. The fourth-order valence-corrected chi connectivity index (χ4v) is 3.28. The number of halogens is 2. The zero-order chi connectivity index (χ0) is 19.6. The van der Waals surface area contributed by atoms with E-state index >= 15 is 0 Å². The summed E-state index contributed by atoms with van der Waals surface area (Å²) in [6, 6.07) is 2.73. The van der Waals surface area contributed by atoms with E-state index in [0.717, 1.165) is 12.1 Å². The Balaban J connectivity index is 2.23. The minimum Gasteiger partial charge on any atom is -0.476 e. The molecule has 1 N–H and O–H groups in total. The van der Waals surface area contributed by atoms with E-state index < -0.39 is 23.1 Å². The molecule has 26 heavy (non-hydrogen) atoms. The van der Waals surface area contributed by atoms with Gasteiger partial charge in [-0.3, -0.25) is 14.5 Å². The van der Waals surface area contributed by atoms with Crippen molar-refractivity contribution in [3.8, 4) is 0 Å². The summed E-state index contributed by atoms with van der Waals surface area (Å²) in [6.07, 6.45) is 0. The second-order valence-electron chi connectivity index (χ2n) is 6.73. The van der Waals surface area contributed by atoms with Crippen molar-refractivity contribution in [3.63, 3.8) is 0 Å². The number of benzene rings is 1. The zero-order valence-corrected chi connectivity index (χ0v) is 16.2. The highest BCUT2D eigenvalue weighted by atomic mass is 32.2. The summed E-state index contributed by atoms with van der Waals surface area (Å²) in [7, 11) is 0. The first kappa shape index (κ1) is 20.2. The van der Waals surface area contributed by atoms with E-state index in [2.05, 4.69) is 5.32 Å². The van der Waals surface area contributed by atoms with Crippen LogP contribution in [-0.4, -0.2) is 34.2 Å². The summed E-state index contributed by atoms with van der Waals surface area (Å²) < 4.78 is 32.2. The van der Waals surface area contributed by atoms with Gasteiger partial charge >= 0.3 is 0 Å². The quantitative estimate of drug-likeness (QED) is 0.837. The Hall–Kier alpha value is -2.09. The molecule has 0 saturated carbocycles. The molecule has 0 spiro atoms. The van der Waals surface area contributed by atoms with Gasteiger partial charge in [0.1, 0.15) is 27.8 Å². The van der Waals surface area contributed by atoms with Crippen LogP contribution in [0.3, 0.4) is 0 Å². The maximum Gasteiger partial charge on any atom is 0.267 e. The van der Waals surface area contributed by atoms with Gasteiger partial charge in [0.2, 0.25) is 5.91 Å². The Labute approximate surface area is 155 Å². The smallest absolute Gasteiger partial charge is 0.267 e. The average molecular weight is 384 g/mol. The molecule has 0 bridgehead atoms. The van der Waals surface area contributed by atoms with Crippen LogP contribution in [0.2, 0.25) is 0 Å². The number of thioether (sulfide) groups is 1. The van der Waals surface area contributed by atoms with Gasteiger partial charge in [0.05, 0.1) is 0 Å². The predicted molar refractivity (Wildman–Crippen MR) is 97.3 cm³/mol. The van der Waals surface area contributed by atoms with E-state index in [1.807, 2.05) is 13.8 Å². The van der Waals surface area contributed by atoms with E-state index in [1.165, 1.54) is 16.7 Å². The van der Waals surface area contributed by atoms with Gasteiger partial charge in [-0.2, -0.15) is 0 Å². The normalized spacial score (nSPS) is 15.4. The highest BCUT2D eigenvalue weighted by molar-refractivity contribution is 8.04. The molecular weight excluding hydrogens is 362 g/mol. The van der Waals surface area contributed by atoms with Crippen molar-refractivity contribution >= 4 is 29.3 Å². The lowest BCUT2D eigenvalue weighted by atomic mass is 10.0. The molecule has 0 fully saturated rings. The maximum atomic E-state index is 13.3. The molecule has 0 saturated heterocycles. The number of rotatable bonds is 5. The summed E-state index contributed by atoms with van der Waals surface area (Å²) >= 11 is 1.36. The summed E-state index contributed by atoms with van der Waals surface area (Å²) in [5.74, 6) is -1.96. The van der Waals surface area contributed by atoms with E-state index in [4.69, 9.17) is 4.74 Å². The number of hydrogen-bond acceptors (Lipinski definition) is 4. The van der Waals surface area contributed by atoms with Crippen LogP contribution in [0.5, 0.6) is 0 Å². The molecule has 1 aliphatic rings. The number of amides is 2. The molecule has 0 unspecified atom stereocenters. The zero-order valence-electron chi connectivity index (χ0n) is 15.4. The molecule has 1 aliphatic heterocycles. The van der Waals surface area contributed by atoms with Crippen LogP contribution >= 0.6 is 11.8 Å². The van der Waals surface area contributed by atoms with Crippen molar-refractivity contribution in [2.75, 3.05) is 12.0 Å². The van der Waals surface area contributed by atoms with Crippen molar-refractivity contribution < 1.29 is 23.1 Å². The number of carbonyl (C=O) groups excluding carboxylic acids is 2. The SMILES string of the molecule is CC1=C(SC(C)C)C(=O)N(C(C)(C)C(=O)Nc2cc(F)cc(F)c2)CO1. The van der Waals surface area contributed by atoms with Crippen molar-refractivity contribution in [2.24, 2.45) is 0 Å². The molecule has 0 atom stereocenters. The van der Waals surface area contributed by atoms with Crippen molar-refractivity contribution in [3.05, 3.63) is 40.5 Å². The third-order valence-electron chi connectivity index (χ3n) is 3.87. The number of carbonyl (C=O) groups is 2. The molecule has 0 aromatic heterocycles. The van der Waals surface area contributed by atoms with Gasteiger partial charge in [0.15, 0.2) is 6.73 Å². The molecule has 2 rings (SSSR count). The topological polar surface area (TPSA) is 58.6 Å². The molecule has 0 aliphatic carbocycles. The number of nitrogens with zero attached hydrogens (tertiary/aromatic N) is 1. The third-order valence-corrected chi connectivity index (χ3v) is 5.04. The molecule has 0 radical (unpaired) electrons. The van der Waals surface area contributed by atoms with Crippen molar-refractivity contribution in [1.29, 1.82) is 0 Å². The van der Waals surface area contributed by atoms with E-state index in [0.29, 0.717) is 16.7 Å². The molecule has 8 heteroatoms. The van der Waals surface area contributed by atoms with Crippen LogP contribution in [0.1, 0.15) is 34.6 Å². The first-order valence-electron chi connectivity index (χ1n) is 8.12. The Bertz CT molecular complexity index is 743. The minimum atomic E-state index is -1.29. The van der Waals surface area contributed by atoms with Crippen molar-refractivity contribution in [1.82, 2.24) is 4.90 Å². The van der Waals surface area contributed by atoms with Crippen LogP contribution in [0.15, 0.2) is 28.9 Å². The Morgan fingerprint density at radius 1 is 1.27 bits per heavy atom. The van der Waals surface area contributed by atoms with Gasteiger partial charge in [-0.05, 0) is 32.9 Å². The number of allylic oxidation sites excluding steroid dienone is 1. The highest BCUT2D eigenvalue weighted by Gasteiger charge is 2.42. The molecule has 142 valence electrons. The highest BCUT2D eigenvalue weighted by Crippen LogP contribution is 2.33. The lowest BCUT2D eigenvalue weighted by Gasteiger charge is -2.40. The van der Waals surface area contributed by atoms with Gasteiger partial charge in [-0.1, -0.05) is 13.8 Å². The number of anilines is 1. The van der Waals surface area contributed by atoms with Crippen LogP contribution < -0.4 is 5.32 Å². The molecule has 1 aromatic rings. The van der Waals surface area contributed by atoms with Gasteiger partial charge < -0.3 is 10.1 Å². The van der Waals surface area contributed by atoms with Crippen LogP contribution in [0.25, 0.3) is 0 Å². The standard InChI is InChI=1S/C18H22F2N2O3S/c1-10(2)26-15-11(3)25-9-22(16(15)23)18(4,5)17(24)21-14-7-12(19)6-13(20)8-14/h6-8,10H,9H2,1-5H3,(H,21,24). The molecule has 1 heterocycles. The second kappa shape index (κ2) is 7.65. The van der Waals surface area contributed by atoms with Crippen LogP contribution in [0, 0.1) is 11.6 Å². The Morgan fingerprint density at radius 2 is 1.85 bits per heavy atom. The predicted octanol–water partition coefficient (Wildman–Crippen LogP) is 3.87. The maximum absolute atomic E-state index is 13.3. The van der Waals surface area contributed by atoms with Gasteiger partial charge in [0, 0.05) is 17.0 Å². The van der Waals surface area contributed by atoms with Gasteiger partial charge in [0.25, 0.3) is 5.91 Å². The summed E-state index contributed by atoms with van der Waals surface area (Å²) in [5, 5.41) is 2.62. The minimum absolute atomic E-state index is 0.0190. The monoisotopic (exact) mass is 384 g/mol. The Kier molecular flexibility index (Phi) is 5.95. The largest absolute Gasteiger partial charge is 0.476 e. The fraction of sp³-hybridized carbons (Fsp3) is 0.444. The number of nitrogens with one attached hydrogen (secondary N) is 1. The fourth-order valence-electron chi connectivity index (χ4n) is 2.38. The first-order chi connectivity index (χ1) is 12.0. The van der Waals surface area contributed by atoms with Crippen molar-refractivity contribution in [2.45, 2.75) is 45.4 Å². The summed E-state index contributed by atoms with van der Waals surface area (Å²) in [6.45, 7) is 8.64. The molecule has 5 nitrogen and oxygen atoms in total. The number of ether oxygens (including phenoxy) is 1. The van der Waals surface area contributed by atoms with Crippen LogP contribution in [0.4, 0.5) is 14.5 Å². The molecular formula is C18H22F2N2O3S. The van der Waals surface area contributed by atoms with Gasteiger partial charge in [-0.15, -0.1) is 11.8 Å². The van der Waals surface area contributed by atoms with Gasteiger partial charge in [-0.25, -0.2) is 8.78 Å². The van der Waals surface area contributed by atoms with E-state index in [1.54, 1.807) is 20.8 Å². The third kappa shape index (κ3) is 4.35. The van der Waals surface area contributed by atoms with E-state index in [9.17, 15) is 18.4 Å².